The van der Waals surface area contributed by atoms with E-state index in [1.165, 1.54) is 0 Å². The summed E-state index contributed by atoms with van der Waals surface area (Å²) in [7, 11) is 0. The molecule has 0 N–H and O–H groups in total. The number of hydrogen-bond donors (Lipinski definition) is 0. The quantitative estimate of drug-likeness (QED) is 0.655. The number of aromatic nitrogens is 3. The fourth-order valence-electron chi connectivity index (χ4n) is 1.80. The molecule has 0 spiro atoms. The van der Waals surface area contributed by atoms with Crippen LogP contribution in [0.15, 0.2) is 36.4 Å². The fourth-order valence-corrected chi connectivity index (χ4v) is 7.95. The van der Waals surface area contributed by atoms with Crippen LogP contribution in [0.2, 0.25) is 14.8 Å². The molecule has 0 amide bonds. The molecule has 5 heteroatoms. The van der Waals surface area contributed by atoms with Crippen LogP contribution in [0.5, 0.6) is 0 Å². The molecule has 1 aromatic carbocycles. The summed E-state index contributed by atoms with van der Waals surface area (Å²) in [6.07, 6.45) is 0. The van der Waals surface area contributed by atoms with Gasteiger partial charge in [0.1, 0.15) is 0 Å². The van der Waals surface area contributed by atoms with Crippen LogP contribution < -0.4 is 2.89 Å². The van der Waals surface area contributed by atoms with Gasteiger partial charge in [0.2, 0.25) is 0 Å². The van der Waals surface area contributed by atoms with Gasteiger partial charge in [-0.2, -0.15) is 0 Å². The third-order valence-electron chi connectivity index (χ3n) is 2.81. The van der Waals surface area contributed by atoms with Gasteiger partial charge < -0.3 is 0 Å². The van der Waals surface area contributed by atoms with Crippen LogP contribution in [0, 0.1) is 0 Å². The summed E-state index contributed by atoms with van der Waals surface area (Å²) < 4.78 is 1.56. The molecule has 0 fully saturated rings. The van der Waals surface area contributed by atoms with Crippen molar-refractivity contribution in [3.05, 3.63) is 36.4 Å². The first-order valence-electron chi connectivity index (χ1n) is 5.97. The number of rotatable bonds is 2. The van der Waals surface area contributed by atoms with Crippen molar-refractivity contribution in [3.8, 4) is 5.00 Å². The van der Waals surface area contributed by atoms with Gasteiger partial charge in [0.15, 0.2) is 0 Å². The molecule has 0 aliphatic heterocycles. The molecule has 0 radical (unpaired) electrons. The average molecular weight is 364 g/mol. The van der Waals surface area contributed by atoms with Gasteiger partial charge in [-0.25, -0.2) is 0 Å². The van der Waals surface area contributed by atoms with E-state index in [-0.39, 0.29) is 0 Å². The van der Waals surface area contributed by atoms with E-state index in [9.17, 15) is 0 Å². The second-order valence-electron chi connectivity index (χ2n) is 5.37. The second-order valence-corrected chi connectivity index (χ2v) is 21.8. The molecule has 3 rings (SSSR count). The monoisotopic (exact) mass is 365 g/mol. The van der Waals surface area contributed by atoms with E-state index in [1.807, 2.05) is 35.6 Å². The average Bonchev–Trinajstić information content (AvgIpc) is 2.94. The van der Waals surface area contributed by atoms with Gasteiger partial charge in [0.05, 0.1) is 0 Å². The molecule has 0 saturated heterocycles. The van der Waals surface area contributed by atoms with Crippen molar-refractivity contribution in [2.75, 3.05) is 0 Å². The van der Waals surface area contributed by atoms with Gasteiger partial charge in [-0.3, -0.25) is 0 Å². The van der Waals surface area contributed by atoms with Crippen molar-refractivity contribution in [1.82, 2.24) is 15.0 Å². The molecular weight excluding hydrogens is 349 g/mol. The molecule has 0 saturated carbocycles. The molecule has 0 unspecified atom stereocenters. The van der Waals surface area contributed by atoms with Gasteiger partial charge in [-0.05, 0) is 0 Å². The maximum atomic E-state index is 4.52. The summed E-state index contributed by atoms with van der Waals surface area (Å²) >= 11 is -0.118. The number of benzene rings is 1. The predicted molar refractivity (Wildman–Crippen MR) is 79.7 cm³/mol. The zero-order chi connectivity index (χ0) is 12.8. The third kappa shape index (κ3) is 2.19. The Labute approximate surface area is 114 Å². The first-order valence-corrected chi connectivity index (χ1v) is 16.8. The molecule has 0 bridgehead atoms. The minimum atomic E-state index is -1.96. The summed E-state index contributed by atoms with van der Waals surface area (Å²) in [6, 6.07) is 12.4. The molecule has 0 aliphatic rings. The summed E-state index contributed by atoms with van der Waals surface area (Å²) in [5, 5.41) is 10.2. The van der Waals surface area contributed by atoms with E-state index in [4.69, 9.17) is 0 Å². The second kappa shape index (κ2) is 4.35. The van der Waals surface area contributed by atoms with Gasteiger partial charge >= 0.3 is 115 Å². The standard InChI is InChI=1S/C10H6N3S.3CH3.Sn/c1-2-5-9-8(4-1)11-13(12-9)10-6-3-7-14-10;;;;/h1-6H;3*1H3;. The van der Waals surface area contributed by atoms with E-state index >= 15 is 0 Å². The van der Waals surface area contributed by atoms with E-state index < -0.39 is 18.4 Å². The molecule has 18 heavy (non-hydrogen) atoms. The fraction of sp³-hybridized carbons (Fsp3) is 0.231. The normalized spacial score (nSPS) is 12.2. The van der Waals surface area contributed by atoms with Gasteiger partial charge in [0, 0.05) is 0 Å². The number of thiophene rings is 1. The van der Waals surface area contributed by atoms with Crippen LogP contribution in [-0.4, -0.2) is 33.4 Å². The van der Waals surface area contributed by atoms with Crippen LogP contribution >= 0.6 is 11.3 Å². The van der Waals surface area contributed by atoms with Gasteiger partial charge in [-0.15, -0.1) is 0 Å². The Balaban J connectivity index is 2.06. The Kier molecular flexibility index (Phi) is 2.94. The van der Waals surface area contributed by atoms with Crippen LogP contribution in [0.4, 0.5) is 0 Å². The topological polar surface area (TPSA) is 30.7 Å². The third-order valence-corrected chi connectivity index (χ3v) is 13.4. The summed E-state index contributed by atoms with van der Waals surface area (Å²) in [5.74, 6) is 0. The molecule has 2 heterocycles. The van der Waals surface area contributed by atoms with Crippen molar-refractivity contribution < 1.29 is 0 Å². The zero-order valence-electron chi connectivity index (χ0n) is 10.7. The van der Waals surface area contributed by atoms with Crippen molar-refractivity contribution in [2.45, 2.75) is 14.8 Å². The molecule has 2 aromatic heterocycles. The van der Waals surface area contributed by atoms with Gasteiger partial charge in [0.25, 0.3) is 0 Å². The van der Waals surface area contributed by atoms with Crippen molar-refractivity contribution in [3.63, 3.8) is 0 Å². The molecule has 92 valence electrons. The van der Waals surface area contributed by atoms with Crippen LogP contribution in [0.1, 0.15) is 0 Å². The Morgan fingerprint density at radius 1 is 0.944 bits per heavy atom. The van der Waals surface area contributed by atoms with Crippen LogP contribution in [0.3, 0.4) is 0 Å². The number of hydrogen-bond acceptors (Lipinski definition) is 3. The Hall–Kier alpha value is -0.881. The Bertz CT molecular complexity index is 660. The molecule has 3 nitrogen and oxygen atoms in total. The molecular formula is C13H15N3SSn. The van der Waals surface area contributed by atoms with Gasteiger partial charge in [-0.1, -0.05) is 0 Å². The van der Waals surface area contributed by atoms with Crippen LogP contribution in [0.25, 0.3) is 16.0 Å². The van der Waals surface area contributed by atoms with Crippen LogP contribution in [-0.2, 0) is 0 Å². The van der Waals surface area contributed by atoms with Crippen molar-refractivity contribution >= 4 is 43.6 Å². The predicted octanol–water partition coefficient (Wildman–Crippen LogP) is 3.03. The summed E-state index contributed by atoms with van der Waals surface area (Å²) in [6.45, 7) is 0. The maximum absolute atomic E-state index is 4.52. The van der Waals surface area contributed by atoms with Crippen molar-refractivity contribution in [1.29, 1.82) is 0 Å². The number of fused-ring (bicyclic) bond motifs is 1. The summed E-state index contributed by atoms with van der Waals surface area (Å²) in [5.41, 5.74) is 1.90. The Morgan fingerprint density at radius 3 is 2.06 bits per heavy atom. The van der Waals surface area contributed by atoms with E-state index in [0.29, 0.717) is 0 Å². The molecule has 0 aliphatic carbocycles. The van der Waals surface area contributed by atoms with E-state index in [1.54, 1.807) is 7.69 Å². The van der Waals surface area contributed by atoms with E-state index in [2.05, 4.69) is 37.1 Å². The van der Waals surface area contributed by atoms with E-state index in [0.717, 1.165) is 16.0 Å². The zero-order valence-corrected chi connectivity index (χ0v) is 14.4. The molecule has 3 aromatic rings. The summed E-state index contributed by atoms with van der Waals surface area (Å²) in [4.78, 5) is 9.04. The first kappa shape index (κ1) is 12.2. The molecule has 0 atom stereocenters. The number of nitrogens with zero attached hydrogens (tertiary/aromatic N) is 3. The SMILES string of the molecule is [CH3][Sn]([CH3])([CH3])[c]1ccc(-n2nc3ccccc3n2)s1. The Morgan fingerprint density at radius 2 is 1.56 bits per heavy atom. The van der Waals surface area contributed by atoms with Crippen molar-refractivity contribution in [2.24, 2.45) is 0 Å². The first-order chi connectivity index (χ1) is 8.54. The minimum absolute atomic E-state index is 0.951.